The minimum Gasteiger partial charge on any atom is -0.750 e. The zero-order valence-electron chi connectivity index (χ0n) is 8.49. The molecular formula is C7H14NNaO4S. The summed E-state index contributed by atoms with van der Waals surface area (Å²) < 4.78 is 24.1. The van der Waals surface area contributed by atoms with Crippen molar-refractivity contribution in [2.24, 2.45) is 0 Å². The van der Waals surface area contributed by atoms with Crippen LogP contribution in [0.25, 0.3) is 0 Å². The monoisotopic (exact) mass is 231 g/mol. The van der Waals surface area contributed by atoms with E-state index in [1.165, 1.54) is 6.08 Å². The average Bonchev–Trinajstić information content (AvgIpc) is 2.03. The first-order valence-electron chi connectivity index (χ1n) is 3.73. The Balaban J connectivity index is -0.000000209. The van der Waals surface area contributed by atoms with Crippen molar-refractivity contribution in [3.8, 4) is 0 Å². The van der Waals surface area contributed by atoms with E-state index in [2.05, 4.69) is 18.8 Å². The molecule has 0 bridgehead atoms. The van der Waals surface area contributed by atoms with Crippen molar-refractivity contribution in [1.82, 2.24) is 5.32 Å². The summed E-state index contributed by atoms with van der Waals surface area (Å²) in [6, 6.07) is 0. The summed E-state index contributed by atoms with van der Waals surface area (Å²) in [5.41, 5.74) is 0. The third kappa shape index (κ3) is 29.5. The predicted octanol–water partition coefficient (Wildman–Crippen LogP) is -2.57. The second kappa shape index (κ2) is 15.7. The van der Waals surface area contributed by atoms with Crippen molar-refractivity contribution in [2.75, 3.05) is 6.54 Å². The molecule has 0 fully saturated rings. The van der Waals surface area contributed by atoms with Crippen LogP contribution in [0.4, 0.5) is 0 Å². The van der Waals surface area contributed by atoms with Crippen molar-refractivity contribution in [1.29, 1.82) is 0 Å². The molecule has 5 nitrogen and oxygen atoms in total. The number of nitrogens with one attached hydrogen (secondary N) is 1. The second-order valence-corrected chi connectivity index (χ2v) is 2.50. The van der Waals surface area contributed by atoms with Crippen LogP contribution < -0.4 is 34.9 Å². The molecule has 1 atom stereocenters. The van der Waals surface area contributed by atoms with Crippen molar-refractivity contribution in [3.63, 3.8) is 0 Å². The van der Waals surface area contributed by atoms with Gasteiger partial charge in [0.25, 0.3) is 0 Å². The maximum Gasteiger partial charge on any atom is 1.00 e. The van der Waals surface area contributed by atoms with Crippen LogP contribution in [0.15, 0.2) is 12.7 Å². The SMILES string of the molecule is C=CC(=O)NCCCC.O=S([O-])O.[Na+]. The van der Waals surface area contributed by atoms with Crippen LogP contribution in [0, 0.1) is 0 Å². The van der Waals surface area contributed by atoms with Crippen molar-refractivity contribution in [2.45, 2.75) is 19.8 Å². The van der Waals surface area contributed by atoms with E-state index in [0.29, 0.717) is 0 Å². The summed E-state index contributed by atoms with van der Waals surface area (Å²) in [6.07, 6.45) is 3.44. The maximum absolute atomic E-state index is 10.5. The molecule has 1 unspecified atom stereocenters. The summed E-state index contributed by atoms with van der Waals surface area (Å²) in [5, 5.41) is 2.68. The van der Waals surface area contributed by atoms with Gasteiger partial charge in [-0.25, -0.2) is 4.21 Å². The predicted molar refractivity (Wildman–Crippen MR) is 49.7 cm³/mol. The van der Waals surface area contributed by atoms with Gasteiger partial charge in [0.2, 0.25) is 5.91 Å². The molecular weight excluding hydrogens is 217 g/mol. The summed E-state index contributed by atoms with van der Waals surface area (Å²) in [7, 11) is 0. The fourth-order valence-corrected chi connectivity index (χ4v) is 0.461. The Hall–Kier alpha value is 0.280. The number of hydrogen-bond acceptors (Lipinski definition) is 3. The molecule has 0 radical (unpaired) electrons. The minimum atomic E-state index is -2.86. The smallest absolute Gasteiger partial charge is 0.750 e. The number of unbranched alkanes of at least 4 members (excludes halogenated alkanes) is 1. The van der Waals surface area contributed by atoms with Crippen molar-refractivity contribution in [3.05, 3.63) is 12.7 Å². The fourth-order valence-electron chi connectivity index (χ4n) is 0.461. The van der Waals surface area contributed by atoms with Crippen molar-refractivity contribution < 1.29 is 47.7 Å². The van der Waals surface area contributed by atoms with Crippen LogP contribution in [0.5, 0.6) is 0 Å². The zero-order chi connectivity index (χ0) is 10.7. The molecule has 0 aliphatic carbocycles. The summed E-state index contributed by atoms with van der Waals surface area (Å²) >= 11 is -2.86. The first-order chi connectivity index (χ1) is 6.04. The molecule has 0 saturated heterocycles. The molecule has 1 amide bonds. The first kappa shape index (κ1) is 19.8. The molecule has 0 heterocycles. The molecule has 0 aliphatic heterocycles. The van der Waals surface area contributed by atoms with Crippen LogP contribution in [-0.2, 0) is 16.2 Å². The maximum atomic E-state index is 10.5. The van der Waals surface area contributed by atoms with E-state index in [4.69, 9.17) is 13.3 Å². The van der Waals surface area contributed by atoms with E-state index in [1.54, 1.807) is 0 Å². The number of carbonyl (C=O) groups excluding carboxylic acids is 1. The average molecular weight is 231 g/mol. The summed E-state index contributed by atoms with van der Waals surface area (Å²) in [5.74, 6) is -0.0801. The van der Waals surface area contributed by atoms with Crippen LogP contribution in [0.3, 0.4) is 0 Å². The van der Waals surface area contributed by atoms with Gasteiger partial charge in [-0.15, -0.1) is 0 Å². The van der Waals surface area contributed by atoms with Gasteiger partial charge in [-0.3, -0.25) is 4.79 Å². The summed E-state index contributed by atoms with van der Waals surface area (Å²) in [4.78, 5) is 10.5. The van der Waals surface area contributed by atoms with Gasteiger partial charge in [0.15, 0.2) is 0 Å². The van der Waals surface area contributed by atoms with Gasteiger partial charge in [-0.05, 0) is 12.5 Å². The van der Waals surface area contributed by atoms with Gasteiger partial charge < -0.3 is 14.4 Å². The second-order valence-electron chi connectivity index (χ2n) is 2.07. The van der Waals surface area contributed by atoms with Crippen molar-refractivity contribution >= 4 is 17.3 Å². The number of amides is 1. The van der Waals surface area contributed by atoms with Gasteiger partial charge in [0.05, 0.1) is 11.4 Å². The van der Waals surface area contributed by atoms with Crippen LogP contribution in [-0.4, -0.2) is 25.8 Å². The molecule has 7 heteroatoms. The fraction of sp³-hybridized carbons (Fsp3) is 0.571. The molecule has 0 spiro atoms. The third-order valence-electron chi connectivity index (χ3n) is 1.01. The largest absolute Gasteiger partial charge is 1.00 e. The molecule has 2 N–H and O–H groups in total. The molecule has 0 aromatic carbocycles. The number of rotatable bonds is 4. The van der Waals surface area contributed by atoms with Crippen LogP contribution in [0.1, 0.15) is 19.8 Å². The summed E-state index contributed by atoms with van der Waals surface area (Å²) in [6.45, 7) is 6.18. The first-order valence-corrected chi connectivity index (χ1v) is 4.76. The molecule has 0 aromatic heterocycles. The molecule has 0 aliphatic rings. The Morgan fingerprint density at radius 3 is 2.43 bits per heavy atom. The normalized spacial score (nSPS) is 9.93. The Kier molecular flexibility index (Phi) is 22.3. The van der Waals surface area contributed by atoms with Gasteiger partial charge in [0.1, 0.15) is 0 Å². The Bertz CT molecular complexity index is 173. The standard InChI is InChI=1S/C7H13NO.Na.H2O3S/c1-3-5-6-8-7(9)4-2;;1-4(2)3/h4H,2-3,5-6H2,1H3,(H,8,9);;(H2,1,2,3)/q;+1;/p-1. The third-order valence-corrected chi connectivity index (χ3v) is 1.01. The molecule has 14 heavy (non-hydrogen) atoms. The Labute approximate surface area is 109 Å². The Morgan fingerprint density at radius 2 is 2.14 bits per heavy atom. The van der Waals surface area contributed by atoms with E-state index < -0.39 is 11.4 Å². The molecule has 0 rings (SSSR count). The molecule has 0 saturated carbocycles. The topological polar surface area (TPSA) is 89.5 Å². The Morgan fingerprint density at radius 1 is 1.71 bits per heavy atom. The number of hydrogen-bond donors (Lipinski definition) is 2. The van der Waals surface area contributed by atoms with E-state index in [1.807, 2.05) is 0 Å². The number of carbonyl (C=O) groups is 1. The van der Waals surface area contributed by atoms with E-state index in [9.17, 15) is 4.79 Å². The van der Waals surface area contributed by atoms with E-state index in [-0.39, 0.29) is 35.5 Å². The van der Waals surface area contributed by atoms with Gasteiger partial charge in [-0.1, -0.05) is 19.9 Å². The van der Waals surface area contributed by atoms with E-state index >= 15 is 0 Å². The zero-order valence-corrected chi connectivity index (χ0v) is 11.3. The van der Waals surface area contributed by atoms with Gasteiger partial charge in [-0.2, -0.15) is 0 Å². The van der Waals surface area contributed by atoms with Gasteiger partial charge in [0, 0.05) is 6.54 Å². The molecule has 78 valence electrons. The molecule has 0 aromatic rings. The van der Waals surface area contributed by atoms with Gasteiger partial charge >= 0.3 is 29.6 Å². The van der Waals surface area contributed by atoms with E-state index in [0.717, 1.165) is 19.4 Å². The minimum absolute atomic E-state index is 0. The van der Waals surface area contributed by atoms with Crippen LogP contribution in [0.2, 0.25) is 0 Å². The van der Waals surface area contributed by atoms with Crippen LogP contribution >= 0.6 is 0 Å². The quantitative estimate of drug-likeness (QED) is 0.241.